The summed E-state index contributed by atoms with van der Waals surface area (Å²) in [6.07, 6.45) is 0.633. The summed E-state index contributed by atoms with van der Waals surface area (Å²) in [7, 11) is 2.56. The summed E-state index contributed by atoms with van der Waals surface area (Å²) in [5, 5.41) is 3.55. The molecule has 4 aliphatic rings. The molecule has 0 saturated carbocycles. The topological polar surface area (TPSA) is 256 Å². The molecule has 23 heteroatoms. The van der Waals surface area contributed by atoms with E-state index in [1.54, 1.807) is 64.6 Å². The first-order valence-electron chi connectivity index (χ1n) is 23.4. The van der Waals surface area contributed by atoms with Crippen LogP contribution in [0, 0.1) is 0 Å². The molecule has 0 bridgehead atoms. The molecule has 74 heavy (non-hydrogen) atoms. The summed E-state index contributed by atoms with van der Waals surface area (Å²) in [6, 6.07) is 12.8. The Bertz CT molecular complexity index is 2820. The van der Waals surface area contributed by atoms with E-state index in [1.807, 2.05) is 26.8 Å². The number of hydrogen-bond donors (Lipinski definition) is 1. The van der Waals surface area contributed by atoms with Gasteiger partial charge in [0.25, 0.3) is 17.7 Å². The van der Waals surface area contributed by atoms with E-state index < -0.39 is 46.8 Å². The monoisotopic (exact) mass is 1060 g/mol. The van der Waals surface area contributed by atoms with Crippen LogP contribution in [0.15, 0.2) is 48.5 Å². The highest BCUT2D eigenvalue weighted by molar-refractivity contribution is 6.29. The molecule has 0 spiro atoms. The first-order chi connectivity index (χ1) is 34.6. The SMILES string of the molecule is CC(C)(C)OC(=O)N1CCc2nc(Cl)ccc2C1.CC(C)(C)OC(=O)N1CCc2nc(Cl)ccc2C1=O.COC(=O)c1ccc2c(n1)CCN(C(=O)OC(C)(C)C)C2=O.COC(=O)c1ccc2c(n1)CCNC2=O. The first-order valence-corrected chi connectivity index (χ1v) is 24.2. The lowest BCUT2D eigenvalue weighted by atomic mass is 10.0. The van der Waals surface area contributed by atoms with Crippen molar-refractivity contribution >= 4 is 71.1 Å². The summed E-state index contributed by atoms with van der Waals surface area (Å²) in [4.78, 5) is 115. The fraction of sp³-hybridized carbons (Fsp3) is 0.451. The van der Waals surface area contributed by atoms with Gasteiger partial charge in [-0.3, -0.25) is 14.4 Å². The normalized spacial score (nSPS) is 14.7. The molecule has 6 amide bonds. The van der Waals surface area contributed by atoms with E-state index in [4.69, 9.17) is 37.4 Å². The number of aromatic nitrogens is 4. The van der Waals surface area contributed by atoms with Gasteiger partial charge in [0.05, 0.1) is 54.5 Å². The number of hydrogen-bond acceptors (Lipinski definition) is 17. The zero-order valence-corrected chi connectivity index (χ0v) is 44.7. The number of halogens is 2. The molecular weight excluding hydrogens is 1000 g/mol. The maximum absolute atomic E-state index is 12.4. The molecular formula is C51H60Cl2N8O13. The second-order valence-corrected chi connectivity index (χ2v) is 20.5. The van der Waals surface area contributed by atoms with Crippen LogP contribution in [0.2, 0.25) is 10.3 Å². The number of methoxy groups -OCH3 is 2. The Balaban J connectivity index is 0.000000184. The fourth-order valence-electron chi connectivity index (χ4n) is 7.26. The Morgan fingerprint density at radius 2 is 0.919 bits per heavy atom. The highest BCUT2D eigenvalue weighted by atomic mass is 35.5. The lowest BCUT2D eigenvalue weighted by Gasteiger charge is -2.30. The number of carbonyl (C=O) groups is 8. The third-order valence-corrected chi connectivity index (χ3v) is 11.0. The van der Waals surface area contributed by atoms with Crippen LogP contribution in [-0.4, -0.2) is 140 Å². The summed E-state index contributed by atoms with van der Waals surface area (Å²) in [6.45, 7) is 18.2. The molecule has 1 N–H and O–H groups in total. The smallest absolute Gasteiger partial charge is 0.417 e. The van der Waals surface area contributed by atoms with Crippen LogP contribution in [0.25, 0.3) is 0 Å². The maximum atomic E-state index is 12.4. The second kappa shape index (κ2) is 24.2. The van der Waals surface area contributed by atoms with E-state index in [2.05, 4.69) is 34.7 Å². The highest BCUT2D eigenvalue weighted by Crippen LogP contribution is 2.25. The molecule has 0 radical (unpaired) electrons. The third kappa shape index (κ3) is 15.9. The summed E-state index contributed by atoms with van der Waals surface area (Å²) < 4.78 is 24.9. The quantitative estimate of drug-likeness (QED) is 0.115. The highest BCUT2D eigenvalue weighted by Gasteiger charge is 2.35. The minimum atomic E-state index is -0.680. The van der Waals surface area contributed by atoms with Crippen molar-refractivity contribution in [2.75, 3.05) is 40.4 Å². The van der Waals surface area contributed by atoms with Gasteiger partial charge in [0, 0.05) is 57.6 Å². The van der Waals surface area contributed by atoms with Gasteiger partial charge in [0.2, 0.25) is 0 Å². The number of ether oxygens (including phenoxy) is 5. The largest absolute Gasteiger partial charge is 0.464 e. The first kappa shape index (κ1) is 57.6. The third-order valence-electron chi connectivity index (χ3n) is 10.6. The van der Waals surface area contributed by atoms with Gasteiger partial charge in [-0.25, -0.2) is 53.7 Å². The Labute approximate surface area is 438 Å². The molecule has 8 rings (SSSR count). The number of esters is 2. The van der Waals surface area contributed by atoms with Crippen molar-refractivity contribution in [2.45, 2.75) is 111 Å². The number of rotatable bonds is 2. The van der Waals surface area contributed by atoms with Crippen LogP contribution in [-0.2, 0) is 55.9 Å². The predicted octanol–water partition coefficient (Wildman–Crippen LogP) is 7.65. The number of nitrogens with zero attached hydrogens (tertiary/aromatic N) is 7. The molecule has 4 aromatic heterocycles. The zero-order valence-electron chi connectivity index (χ0n) is 43.2. The standard InChI is InChI=1S/C15H18N2O5.C13H15ClN2O3.C13H17ClN2O2.C10H10N2O3/c1-15(2,3)22-14(20)17-8-7-10-9(12(17)18)5-6-11(16-10)13(19)21-4;1-13(2,3)19-12(18)16-7-6-9-8(11(16)17)4-5-10(14)15-9;1-13(2,3)18-12(17)16-7-6-10-9(8-16)4-5-11(14)15-10;1-15-10(14)8-3-2-6-7(12-8)4-5-11-9(6)13/h5-6H,7-8H2,1-4H3;4-5H,6-7H2,1-3H3;4-5H,6-8H2,1-3H3;2-3H,4-5H2,1H3,(H,11,13). The van der Waals surface area contributed by atoms with Gasteiger partial charge in [-0.1, -0.05) is 29.3 Å². The maximum Gasteiger partial charge on any atom is 0.417 e. The lowest BCUT2D eigenvalue weighted by molar-refractivity contribution is 0.0213. The average molecular weight is 1060 g/mol. The van der Waals surface area contributed by atoms with Crippen LogP contribution in [0.5, 0.6) is 0 Å². The van der Waals surface area contributed by atoms with Crippen molar-refractivity contribution in [3.63, 3.8) is 0 Å². The molecule has 4 aromatic rings. The van der Waals surface area contributed by atoms with Gasteiger partial charge >= 0.3 is 30.2 Å². The van der Waals surface area contributed by atoms with E-state index in [9.17, 15) is 38.4 Å². The molecule has 0 aromatic carbocycles. The number of imide groups is 2. The zero-order chi connectivity index (χ0) is 54.9. The van der Waals surface area contributed by atoms with Gasteiger partial charge < -0.3 is 33.9 Å². The van der Waals surface area contributed by atoms with Crippen molar-refractivity contribution in [1.82, 2.24) is 40.0 Å². The minimum absolute atomic E-state index is 0.139. The molecule has 0 unspecified atom stereocenters. The van der Waals surface area contributed by atoms with Crippen molar-refractivity contribution in [3.8, 4) is 0 Å². The Morgan fingerprint density at radius 1 is 0.514 bits per heavy atom. The van der Waals surface area contributed by atoms with Gasteiger partial charge in [-0.05, 0) is 110 Å². The van der Waals surface area contributed by atoms with Crippen LogP contribution in [0.1, 0.15) is 143 Å². The second-order valence-electron chi connectivity index (χ2n) is 19.8. The molecule has 0 atom stereocenters. The summed E-state index contributed by atoms with van der Waals surface area (Å²) >= 11 is 11.6. The average Bonchev–Trinajstić information content (AvgIpc) is 3.32. The number of amides is 6. The number of pyridine rings is 4. The van der Waals surface area contributed by atoms with Crippen LogP contribution in [0.3, 0.4) is 0 Å². The van der Waals surface area contributed by atoms with E-state index in [-0.39, 0.29) is 42.4 Å². The van der Waals surface area contributed by atoms with E-state index in [0.29, 0.717) is 83.0 Å². The Morgan fingerprint density at radius 3 is 1.41 bits per heavy atom. The van der Waals surface area contributed by atoms with Crippen molar-refractivity contribution in [3.05, 3.63) is 115 Å². The van der Waals surface area contributed by atoms with E-state index >= 15 is 0 Å². The van der Waals surface area contributed by atoms with Crippen LogP contribution in [0.4, 0.5) is 14.4 Å². The lowest BCUT2D eigenvalue weighted by Crippen LogP contribution is -2.45. The number of nitrogens with one attached hydrogen (secondary N) is 1. The molecule has 0 fully saturated rings. The fourth-order valence-corrected chi connectivity index (χ4v) is 7.59. The van der Waals surface area contributed by atoms with Crippen LogP contribution < -0.4 is 5.32 Å². The number of carbonyl (C=O) groups excluding carboxylic acids is 8. The molecule has 21 nitrogen and oxygen atoms in total. The van der Waals surface area contributed by atoms with Gasteiger partial charge in [0.1, 0.15) is 38.5 Å². The molecule has 4 aliphatic heterocycles. The van der Waals surface area contributed by atoms with E-state index in [1.165, 1.54) is 38.5 Å². The molecule has 8 heterocycles. The van der Waals surface area contributed by atoms with Crippen molar-refractivity contribution in [1.29, 1.82) is 0 Å². The van der Waals surface area contributed by atoms with Gasteiger partial charge in [-0.2, -0.15) is 0 Å². The van der Waals surface area contributed by atoms with Gasteiger partial charge in [-0.15, -0.1) is 0 Å². The Kier molecular flexibility index (Phi) is 18.8. The van der Waals surface area contributed by atoms with Crippen LogP contribution >= 0.6 is 23.2 Å². The molecule has 0 aliphatic carbocycles. The minimum Gasteiger partial charge on any atom is -0.464 e. The van der Waals surface area contributed by atoms with Gasteiger partial charge in [0.15, 0.2) is 0 Å². The summed E-state index contributed by atoms with van der Waals surface area (Å²) in [5.74, 6) is -2.05. The predicted molar refractivity (Wildman–Crippen MR) is 268 cm³/mol. The molecule has 0 saturated heterocycles. The van der Waals surface area contributed by atoms with Crippen molar-refractivity contribution < 1.29 is 62.0 Å². The van der Waals surface area contributed by atoms with Crippen molar-refractivity contribution in [2.24, 2.45) is 0 Å². The molecule has 396 valence electrons. The number of fused-ring (bicyclic) bond motifs is 4. The summed E-state index contributed by atoms with van der Waals surface area (Å²) in [5.41, 5.74) is 3.62. The Hall–Kier alpha value is -7.26. The van der Waals surface area contributed by atoms with E-state index in [0.717, 1.165) is 27.5 Å².